The number of anilines is 1. The lowest BCUT2D eigenvalue weighted by atomic mass is 9.96. The molecule has 1 fully saturated rings. The molecule has 0 spiro atoms. The fourth-order valence-electron chi connectivity index (χ4n) is 2.94. The Bertz CT molecular complexity index is 701. The zero-order chi connectivity index (χ0) is 16.9. The van der Waals surface area contributed by atoms with Gasteiger partial charge in [0.25, 0.3) is 5.91 Å². The van der Waals surface area contributed by atoms with Gasteiger partial charge in [-0.2, -0.15) is 0 Å². The SMILES string of the molecule is O=C(NCC1CCN(c2cccnc2)CC1)c1ccc(F)cc1F. The fraction of sp³-hybridized carbons (Fsp3) is 0.333. The van der Waals surface area contributed by atoms with E-state index < -0.39 is 17.5 Å². The summed E-state index contributed by atoms with van der Waals surface area (Å²) in [4.78, 5) is 18.4. The number of benzene rings is 1. The number of hydrogen-bond donors (Lipinski definition) is 1. The van der Waals surface area contributed by atoms with Gasteiger partial charge < -0.3 is 10.2 Å². The number of pyridine rings is 1. The van der Waals surface area contributed by atoms with E-state index in [2.05, 4.69) is 15.2 Å². The van der Waals surface area contributed by atoms with Gasteiger partial charge in [-0.1, -0.05) is 0 Å². The normalized spacial score (nSPS) is 15.3. The van der Waals surface area contributed by atoms with Crippen LogP contribution in [-0.2, 0) is 0 Å². The van der Waals surface area contributed by atoms with Gasteiger partial charge in [0, 0.05) is 31.9 Å². The lowest BCUT2D eigenvalue weighted by Gasteiger charge is -2.33. The number of rotatable bonds is 4. The molecule has 0 saturated carbocycles. The molecule has 1 aliphatic heterocycles. The van der Waals surface area contributed by atoms with Crippen molar-refractivity contribution >= 4 is 11.6 Å². The van der Waals surface area contributed by atoms with E-state index in [4.69, 9.17) is 0 Å². The number of amides is 1. The molecule has 1 saturated heterocycles. The Balaban J connectivity index is 1.49. The number of carbonyl (C=O) groups excluding carboxylic acids is 1. The van der Waals surface area contributed by atoms with Gasteiger partial charge in [-0.25, -0.2) is 8.78 Å². The fourth-order valence-corrected chi connectivity index (χ4v) is 2.94. The Kier molecular flexibility index (Phi) is 5.03. The highest BCUT2D eigenvalue weighted by molar-refractivity contribution is 5.94. The predicted molar refractivity (Wildman–Crippen MR) is 87.9 cm³/mol. The summed E-state index contributed by atoms with van der Waals surface area (Å²) in [5, 5.41) is 2.75. The van der Waals surface area contributed by atoms with Crippen molar-refractivity contribution in [2.75, 3.05) is 24.5 Å². The Morgan fingerprint density at radius 1 is 1.25 bits per heavy atom. The van der Waals surface area contributed by atoms with E-state index in [0.29, 0.717) is 12.5 Å². The third-order valence-electron chi connectivity index (χ3n) is 4.35. The number of aromatic nitrogens is 1. The number of nitrogens with one attached hydrogen (secondary N) is 1. The molecule has 1 amide bonds. The van der Waals surface area contributed by atoms with Crippen molar-refractivity contribution in [1.82, 2.24) is 10.3 Å². The van der Waals surface area contributed by atoms with E-state index >= 15 is 0 Å². The third kappa shape index (κ3) is 3.88. The van der Waals surface area contributed by atoms with Gasteiger partial charge in [-0.05, 0) is 43.0 Å². The van der Waals surface area contributed by atoms with Crippen LogP contribution in [0.1, 0.15) is 23.2 Å². The molecule has 0 unspecified atom stereocenters. The number of piperidine rings is 1. The molecule has 1 aromatic heterocycles. The van der Waals surface area contributed by atoms with Crippen molar-refractivity contribution in [1.29, 1.82) is 0 Å². The Labute approximate surface area is 139 Å². The van der Waals surface area contributed by atoms with Crippen LogP contribution in [0.25, 0.3) is 0 Å². The standard InChI is InChI=1S/C18H19F2N3O/c19-14-3-4-16(17(20)10-14)18(24)22-11-13-5-8-23(9-6-13)15-2-1-7-21-12-15/h1-4,7,10,12-13H,5-6,8-9,11H2,(H,22,24). The van der Waals surface area contributed by atoms with E-state index in [1.807, 2.05) is 18.3 Å². The van der Waals surface area contributed by atoms with Crippen LogP contribution in [0.2, 0.25) is 0 Å². The first-order valence-corrected chi connectivity index (χ1v) is 8.01. The van der Waals surface area contributed by atoms with E-state index in [0.717, 1.165) is 43.8 Å². The maximum absolute atomic E-state index is 13.6. The molecule has 0 aliphatic carbocycles. The highest BCUT2D eigenvalue weighted by Crippen LogP contribution is 2.22. The lowest BCUT2D eigenvalue weighted by Crippen LogP contribution is -2.38. The summed E-state index contributed by atoms with van der Waals surface area (Å²) in [5.41, 5.74) is 0.984. The molecule has 0 atom stereocenters. The minimum atomic E-state index is -0.834. The largest absolute Gasteiger partial charge is 0.370 e. The molecule has 1 aliphatic rings. The summed E-state index contributed by atoms with van der Waals surface area (Å²) in [7, 11) is 0. The second-order valence-corrected chi connectivity index (χ2v) is 5.98. The highest BCUT2D eigenvalue weighted by atomic mass is 19.1. The summed E-state index contributed by atoms with van der Waals surface area (Å²) in [6.07, 6.45) is 5.49. The van der Waals surface area contributed by atoms with Gasteiger partial charge in [-0.3, -0.25) is 9.78 Å². The molecule has 0 bridgehead atoms. The smallest absolute Gasteiger partial charge is 0.254 e. The Morgan fingerprint density at radius 3 is 2.71 bits per heavy atom. The van der Waals surface area contributed by atoms with E-state index in [1.54, 1.807) is 6.20 Å². The van der Waals surface area contributed by atoms with Crippen LogP contribution >= 0.6 is 0 Å². The first-order chi connectivity index (χ1) is 11.6. The van der Waals surface area contributed by atoms with Gasteiger partial charge in [0.05, 0.1) is 17.4 Å². The van der Waals surface area contributed by atoms with Crippen LogP contribution in [0.3, 0.4) is 0 Å². The van der Waals surface area contributed by atoms with E-state index in [9.17, 15) is 13.6 Å². The second kappa shape index (κ2) is 7.38. The van der Waals surface area contributed by atoms with Gasteiger partial charge in [0.2, 0.25) is 0 Å². The van der Waals surface area contributed by atoms with Crippen LogP contribution in [0.5, 0.6) is 0 Å². The van der Waals surface area contributed by atoms with Gasteiger partial charge >= 0.3 is 0 Å². The minimum absolute atomic E-state index is 0.121. The maximum atomic E-state index is 13.6. The van der Waals surface area contributed by atoms with Gasteiger partial charge in [0.15, 0.2) is 0 Å². The summed E-state index contributed by atoms with van der Waals surface area (Å²) in [5.74, 6) is -1.67. The minimum Gasteiger partial charge on any atom is -0.370 e. The zero-order valence-corrected chi connectivity index (χ0v) is 13.2. The van der Waals surface area contributed by atoms with Crippen molar-refractivity contribution in [2.45, 2.75) is 12.8 Å². The van der Waals surface area contributed by atoms with Crippen molar-refractivity contribution < 1.29 is 13.6 Å². The Morgan fingerprint density at radius 2 is 2.04 bits per heavy atom. The predicted octanol–water partition coefficient (Wildman–Crippen LogP) is 3.01. The summed E-state index contributed by atoms with van der Waals surface area (Å²) in [6.45, 7) is 2.30. The van der Waals surface area contributed by atoms with Crippen molar-refractivity contribution in [3.8, 4) is 0 Å². The summed E-state index contributed by atoms with van der Waals surface area (Å²) in [6, 6.07) is 6.93. The van der Waals surface area contributed by atoms with E-state index in [1.165, 1.54) is 6.07 Å². The number of halogens is 2. The van der Waals surface area contributed by atoms with Crippen LogP contribution in [-0.4, -0.2) is 30.5 Å². The Hall–Kier alpha value is -2.50. The van der Waals surface area contributed by atoms with Crippen LogP contribution in [0.4, 0.5) is 14.5 Å². The van der Waals surface area contributed by atoms with Gasteiger partial charge in [-0.15, -0.1) is 0 Å². The molecule has 1 aromatic carbocycles. The topological polar surface area (TPSA) is 45.2 Å². The molecular formula is C18H19F2N3O. The first-order valence-electron chi connectivity index (χ1n) is 8.01. The first kappa shape index (κ1) is 16.4. The molecule has 6 heteroatoms. The van der Waals surface area contributed by atoms with Crippen molar-refractivity contribution in [3.63, 3.8) is 0 Å². The lowest BCUT2D eigenvalue weighted by molar-refractivity contribution is 0.0941. The van der Waals surface area contributed by atoms with Crippen molar-refractivity contribution in [2.24, 2.45) is 5.92 Å². The summed E-state index contributed by atoms with van der Waals surface area (Å²) < 4.78 is 26.5. The third-order valence-corrected chi connectivity index (χ3v) is 4.35. The number of nitrogens with zero attached hydrogens (tertiary/aromatic N) is 2. The maximum Gasteiger partial charge on any atom is 0.254 e. The van der Waals surface area contributed by atoms with Crippen LogP contribution in [0.15, 0.2) is 42.7 Å². The molecule has 4 nitrogen and oxygen atoms in total. The molecule has 24 heavy (non-hydrogen) atoms. The quantitative estimate of drug-likeness (QED) is 0.937. The molecule has 2 heterocycles. The van der Waals surface area contributed by atoms with Crippen LogP contribution < -0.4 is 10.2 Å². The molecule has 126 valence electrons. The second-order valence-electron chi connectivity index (χ2n) is 5.98. The van der Waals surface area contributed by atoms with Crippen molar-refractivity contribution in [3.05, 3.63) is 59.9 Å². The number of hydrogen-bond acceptors (Lipinski definition) is 3. The molecule has 0 radical (unpaired) electrons. The number of carbonyl (C=O) groups is 1. The molecular weight excluding hydrogens is 312 g/mol. The molecule has 3 rings (SSSR count). The molecule has 1 N–H and O–H groups in total. The summed E-state index contributed by atoms with van der Waals surface area (Å²) >= 11 is 0. The van der Waals surface area contributed by atoms with E-state index in [-0.39, 0.29) is 5.56 Å². The van der Waals surface area contributed by atoms with Crippen LogP contribution in [0, 0.1) is 17.6 Å². The monoisotopic (exact) mass is 331 g/mol. The molecule has 2 aromatic rings. The zero-order valence-electron chi connectivity index (χ0n) is 13.2. The van der Waals surface area contributed by atoms with Gasteiger partial charge in [0.1, 0.15) is 11.6 Å². The highest BCUT2D eigenvalue weighted by Gasteiger charge is 2.21. The average Bonchev–Trinajstić information content (AvgIpc) is 2.61. The average molecular weight is 331 g/mol.